The van der Waals surface area contributed by atoms with E-state index in [1.54, 1.807) is 16.8 Å². The average molecular weight is 315 g/mol. The molecule has 0 atom stereocenters. The van der Waals surface area contributed by atoms with Gasteiger partial charge in [0.2, 0.25) is 0 Å². The van der Waals surface area contributed by atoms with Crippen LogP contribution in [0.3, 0.4) is 0 Å². The molecule has 1 amide bonds. The van der Waals surface area contributed by atoms with Crippen LogP contribution >= 0.6 is 11.6 Å². The van der Waals surface area contributed by atoms with Crippen LogP contribution in [0.15, 0.2) is 12.3 Å². The van der Waals surface area contributed by atoms with Crippen molar-refractivity contribution in [3.63, 3.8) is 0 Å². The summed E-state index contributed by atoms with van der Waals surface area (Å²) in [5.41, 5.74) is -0.449. The Bertz CT molecular complexity index is 507. The lowest BCUT2D eigenvalue weighted by molar-refractivity contribution is -0.149. The molecule has 0 aliphatic heterocycles. The molecule has 21 heavy (non-hydrogen) atoms. The summed E-state index contributed by atoms with van der Waals surface area (Å²) in [5.74, 6) is -1.17. The molecule has 118 valence electrons. The first kappa shape index (κ1) is 17.6. The first-order valence-corrected chi connectivity index (χ1v) is 7.65. The first-order valence-electron chi connectivity index (χ1n) is 7.27. The predicted octanol–water partition coefficient (Wildman–Crippen LogP) is 3.17. The molecule has 1 rings (SSSR count). The van der Waals surface area contributed by atoms with Crippen LogP contribution in [0, 0.1) is 5.41 Å². The van der Waals surface area contributed by atoms with Gasteiger partial charge in [-0.25, -0.2) is 0 Å². The zero-order valence-electron chi connectivity index (χ0n) is 12.8. The Balaban J connectivity index is 2.84. The van der Waals surface area contributed by atoms with Crippen LogP contribution in [0.5, 0.6) is 0 Å². The maximum absolute atomic E-state index is 12.3. The quantitative estimate of drug-likeness (QED) is 0.774. The SMILES string of the molecule is CCCn1cc(Cl)cc1C(=O)NCC(CC)(CC)C(=O)O. The summed E-state index contributed by atoms with van der Waals surface area (Å²) in [6.07, 6.45) is 3.53. The minimum atomic E-state index is -0.915. The van der Waals surface area contributed by atoms with E-state index in [0.29, 0.717) is 30.1 Å². The van der Waals surface area contributed by atoms with Crippen molar-refractivity contribution in [2.24, 2.45) is 5.41 Å². The highest BCUT2D eigenvalue weighted by atomic mass is 35.5. The highest BCUT2D eigenvalue weighted by Crippen LogP contribution is 2.26. The number of hydrogen-bond donors (Lipinski definition) is 2. The van der Waals surface area contributed by atoms with Gasteiger partial charge in [-0.3, -0.25) is 9.59 Å². The summed E-state index contributed by atoms with van der Waals surface area (Å²) >= 11 is 5.95. The average Bonchev–Trinajstić information content (AvgIpc) is 2.81. The minimum absolute atomic E-state index is 0.114. The number of hydrogen-bond acceptors (Lipinski definition) is 2. The van der Waals surface area contributed by atoms with Crippen molar-refractivity contribution in [3.8, 4) is 0 Å². The third-order valence-corrected chi connectivity index (χ3v) is 4.16. The van der Waals surface area contributed by atoms with Crippen molar-refractivity contribution in [2.45, 2.75) is 46.6 Å². The number of carboxylic acid groups (broad SMARTS) is 1. The molecule has 0 bridgehead atoms. The number of carboxylic acids is 1. The van der Waals surface area contributed by atoms with Gasteiger partial charge in [-0.05, 0) is 25.3 Å². The molecule has 0 spiro atoms. The molecule has 0 radical (unpaired) electrons. The highest BCUT2D eigenvalue weighted by molar-refractivity contribution is 6.31. The summed E-state index contributed by atoms with van der Waals surface area (Å²) in [5, 5.41) is 12.6. The van der Waals surface area contributed by atoms with E-state index >= 15 is 0 Å². The Morgan fingerprint density at radius 1 is 1.33 bits per heavy atom. The van der Waals surface area contributed by atoms with Crippen LogP contribution in [0.2, 0.25) is 5.02 Å². The maximum atomic E-state index is 12.3. The van der Waals surface area contributed by atoms with Gasteiger partial charge in [-0.1, -0.05) is 32.4 Å². The van der Waals surface area contributed by atoms with Crippen LogP contribution in [-0.2, 0) is 11.3 Å². The van der Waals surface area contributed by atoms with Crippen molar-refractivity contribution < 1.29 is 14.7 Å². The Hall–Kier alpha value is -1.49. The third-order valence-electron chi connectivity index (χ3n) is 3.95. The molecular formula is C15H23ClN2O3. The summed E-state index contributed by atoms with van der Waals surface area (Å²) in [4.78, 5) is 23.7. The zero-order chi connectivity index (χ0) is 16.0. The van der Waals surface area contributed by atoms with Crippen LogP contribution in [0.25, 0.3) is 0 Å². The van der Waals surface area contributed by atoms with Crippen LogP contribution in [0.4, 0.5) is 0 Å². The molecule has 1 aromatic heterocycles. The van der Waals surface area contributed by atoms with E-state index in [-0.39, 0.29) is 12.5 Å². The summed E-state index contributed by atoms with van der Waals surface area (Å²) < 4.78 is 1.79. The molecule has 0 saturated carbocycles. The van der Waals surface area contributed by atoms with E-state index in [0.717, 1.165) is 6.42 Å². The van der Waals surface area contributed by atoms with E-state index in [1.165, 1.54) is 0 Å². The highest BCUT2D eigenvalue weighted by Gasteiger charge is 2.35. The molecule has 0 aliphatic carbocycles. The van der Waals surface area contributed by atoms with Gasteiger partial charge in [0.1, 0.15) is 5.69 Å². The van der Waals surface area contributed by atoms with E-state index in [1.807, 2.05) is 20.8 Å². The first-order chi connectivity index (χ1) is 9.90. The number of aliphatic carboxylic acids is 1. The largest absolute Gasteiger partial charge is 0.481 e. The molecular weight excluding hydrogens is 292 g/mol. The van der Waals surface area contributed by atoms with Gasteiger partial charge in [0.25, 0.3) is 5.91 Å². The van der Waals surface area contributed by atoms with Crippen LogP contribution < -0.4 is 5.32 Å². The maximum Gasteiger partial charge on any atom is 0.311 e. The zero-order valence-corrected chi connectivity index (χ0v) is 13.5. The Labute approximate surface area is 130 Å². The Morgan fingerprint density at radius 3 is 2.43 bits per heavy atom. The fourth-order valence-corrected chi connectivity index (χ4v) is 2.53. The number of carbonyl (C=O) groups is 2. The Morgan fingerprint density at radius 2 is 1.95 bits per heavy atom. The van der Waals surface area contributed by atoms with Crippen molar-refractivity contribution >= 4 is 23.5 Å². The summed E-state index contributed by atoms with van der Waals surface area (Å²) in [6, 6.07) is 1.60. The van der Waals surface area contributed by atoms with E-state index < -0.39 is 11.4 Å². The van der Waals surface area contributed by atoms with Gasteiger partial charge in [0.15, 0.2) is 0 Å². The summed E-state index contributed by atoms with van der Waals surface area (Å²) in [6.45, 7) is 6.46. The molecule has 0 aromatic carbocycles. The molecule has 0 fully saturated rings. The van der Waals surface area contributed by atoms with Gasteiger partial charge < -0.3 is 15.0 Å². The topological polar surface area (TPSA) is 71.3 Å². The molecule has 1 heterocycles. The summed E-state index contributed by atoms with van der Waals surface area (Å²) in [7, 11) is 0. The molecule has 0 unspecified atom stereocenters. The van der Waals surface area contributed by atoms with Gasteiger partial charge in [0, 0.05) is 19.3 Å². The predicted molar refractivity (Wildman–Crippen MR) is 82.7 cm³/mol. The van der Waals surface area contributed by atoms with E-state index in [4.69, 9.17) is 11.6 Å². The van der Waals surface area contributed by atoms with Gasteiger partial charge in [0.05, 0.1) is 10.4 Å². The molecule has 0 aliphatic rings. The van der Waals surface area contributed by atoms with Gasteiger partial charge >= 0.3 is 5.97 Å². The van der Waals surface area contributed by atoms with Crippen molar-refractivity contribution in [1.82, 2.24) is 9.88 Å². The lowest BCUT2D eigenvalue weighted by Crippen LogP contribution is -2.42. The number of rotatable bonds is 8. The molecule has 0 saturated heterocycles. The lowest BCUT2D eigenvalue weighted by Gasteiger charge is -2.26. The number of aromatic nitrogens is 1. The second-order valence-electron chi connectivity index (χ2n) is 5.21. The monoisotopic (exact) mass is 314 g/mol. The number of nitrogens with one attached hydrogen (secondary N) is 1. The Kier molecular flexibility index (Phi) is 6.27. The van der Waals surface area contributed by atoms with Crippen LogP contribution in [-0.4, -0.2) is 28.1 Å². The fraction of sp³-hybridized carbons (Fsp3) is 0.600. The number of halogens is 1. The van der Waals surface area contributed by atoms with Crippen molar-refractivity contribution in [3.05, 3.63) is 23.0 Å². The standard InChI is InChI=1S/C15H23ClN2O3/c1-4-7-18-9-11(16)8-12(18)13(19)17-10-15(5-2,6-3)14(20)21/h8-9H,4-7,10H2,1-3H3,(H,17,19)(H,20,21). The fourth-order valence-electron chi connectivity index (χ4n) is 2.31. The minimum Gasteiger partial charge on any atom is -0.481 e. The second-order valence-corrected chi connectivity index (χ2v) is 5.65. The normalized spacial score (nSPS) is 11.4. The lowest BCUT2D eigenvalue weighted by atomic mass is 9.82. The number of aryl methyl sites for hydroxylation is 1. The van der Waals surface area contributed by atoms with Crippen molar-refractivity contribution in [2.75, 3.05) is 6.54 Å². The molecule has 2 N–H and O–H groups in total. The molecule has 1 aromatic rings. The molecule has 6 heteroatoms. The van der Waals surface area contributed by atoms with Gasteiger partial charge in [-0.15, -0.1) is 0 Å². The number of amides is 1. The second kappa shape index (κ2) is 7.50. The van der Waals surface area contributed by atoms with Crippen LogP contribution in [0.1, 0.15) is 50.5 Å². The van der Waals surface area contributed by atoms with Crippen molar-refractivity contribution in [1.29, 1.82) is 0 Å². The third kappa shape index (κ3) is 4.00. The van der Waals surface area contributed by atoms with E-state index in [2.05, 4.69) is 5.32 Å². The number of carbonyl (C=O) groups excluding carboxylic acids is 1. The molecule has 5 nitrogen and oxygen atoms in total. The number of nitrogens with zero attached hydrogens (tertiary/aromatic N) is 1. The van der Waals surface area contributed by atoms with Gasteiger partial charge in [-0.2, -0.15) is 0 Å². The van der Waals surface area contributed by atoms with E-state index in [9.17, 15) is 14.7 Å². The smallest absolute Gasteiger partial charge is 0.311 e.